The maximum Gasteiger partial charge on any atom is 0.274 e. The third kappa shape index (κ3) is 3.95. The number of amides is 1. The molecule has 1 aromatic carbocycles. The number of anilines is 1. The molecule has 1 saturated heterocycles. The highest BCUT2D eigenvalue weighted by atomic mass is 32.2. The molecule has 34 heavy (non-hydrogen) atoms. The van der Waals surface area contributed by atoms with Crippen molar-refractivity contribution < 1.29 is 22.2 Å². The van der Waals surface area contributed by atoms with Gasteiger partial charge in [0.1, 0.15) is 28.2 Å². The molecule has 1 fully saturated rings. The lowest BCUT2D eigenvalue weighted by molar-refractivity contribution is 0.100. The Morgan fingerprint density at radius 3 is 2.65 bits per heavy atom. The van der Waals surface area contributed by atoms with Crippen molar-refractivity contribution in [1.29, 1.82) is 5.26 Å². The molecule has 178 valence electrons. The van der Waals surface area contributed by atoms with E-state index in [2.05, 4.69) is 15.3 Å². The molecular formula is C22H21F3N6O2S. The number of alkyl halides is 2. The van der Waals surface area contributed by atoms with Gasteiger partial charge >= 0.3 is 0 Å². The number of hydrogen-bond acceptors (Lipinski definition) is 7. The molecule has 0 bridgehead atoms. The predicted octanol–water partition coefficient (Wildman–Crippen LogP) is 2.30. The average molecular weight is 491 g/mol. The summed E-state index contributed by atoms with van der Waals surface area (Å²) in [7, 11) is 0.457. The van der Waals surface area contributed by atoms with Gasteiger partial charge < -0.3 is 16.0 Å². The molecule has 0 radical (unpaired) electrons. The van der Waals surface area contributed by atoms with Crippen LogP contribution in [0.4, 0.5) is 18.9 Å². The van der Waals surface area contributed by atoms with E-state index in [0.29, 0.717) is 13.1 Å². The Morgan fingerprint density at radius 2 is 2.06 bits per heavy atom. The van der Waals surface area contributed by atoms with Crippen molar-refractivity contribution in [3.63, 3.8) is 0 Å². The third-order valence-corrected chi connectivity index (χ3v) is 8.20. The van der Waals surface area contributed by atoms with Crippen molar-refractivity contribution in [2.75, 3.05) is 31.2 Å². The second kappa shape index (κ2) is 8.48. The third-order valence-electron chi connectivity index (χ3n) is 6.03. The normalized spacial score (nSPS) is 23.8. The number of halogens is 3. The minimum absolute atomic E-state index is 0.0303. The van der Waals surface area contributed by atoms with Crippen LogP contribution in [0.3, 0.4) is 0 Å². The van der Waals surface area contributed by atoms with Crippen LogP contribution in [0.2, 0.25) is 0 Å². The highest BCUT2D eigenvalue weighted by molar-refractivity contribution is 7.87. The van der Waals surface area contributed by atoms with Gasteiger partial charge in [-0.1, -0.05) is 0 Å². The number of aromatic nitrogens is 1. The van der Waals surface area contributed by atoms with Crippen molar-refractivity contribution in [1.82, 2.24) is 9.88 Å². The van der Waals surface area contributed by atoms with Gasteiger partial charge in [0.15, 0.2) is 0 Å². The maximum atomic E-state index is 14.8. The monoisotopic (exact) mass is 490 g/mol. The molecule has 2 atom stereocenters. The first-order valence-corrected chi connectivity index (χ1v) is 11.5. The Morgan fingerprint density at radius 1 is 1.35 bits per heavy atom. The fraction of sp³-hybridized carbons (Fsp3) is 0.364. The number of nitrogens with two attached hydrogens (primary N) is 1. The molecule has 12 heteroatoms. The van der Waals surface area contributed by atoms with Gasteiger partial charge in [-0.2, -0.15) is 5.26 Å². The Hall–Kier alpha value is -3.30. The van der Waals surface area contributed by atoms with Crippen LogP contribution in [0.5, 0.6) is 0 Å². The number of rotatable bonds is 4. The van der Waals surface area contributed by atoms with Gasteiger partial charge in [0.25, 0.3) is 12.3 Å². The average Bonchev–Trinajstić information content (AvgIpc) is 2.76. The highest BCUT2D eigenvalue weighted by Crippen LogP contribution is 2.40. The van der Waals surface area contributed by atoms with Crippen LogP contribution in [-0.2, 0) is 16.3 Å². The standard InChI is InChI=1S/C22H21F3N6O2S/c1-21(11-34(33)22(20(27)30-21)9-31(2)10-22)15-6-13(3-4-16(15)23)29-19(32)17-14(18(24)25)5-12(7-26)8-28-17/h3-6,8,18H,9-11H2,1-2H3,(H2,27,30)(H,29,32)/t21-,34?/m0/s1. The molecule has 0 aliphatic carbocycles. The SMILES string of the molecule is CN1CC2(C1)C(N)=N[C@](C)(c1cc(NC(=O)c3ncc(C#N)cc3C(F)F)ccc1F)CS2=O. The summed E-state index contributed by atoms with van der Waals surface area (Å²) in [4.78, 5) is 22.9. The molecule has 1 aromatic heterocycles. The van der Waals surface area contributed by atoms with Gasteiger partial charge in [0.2, 0.25) is 0 Å². The van der Waals surface area contributed by atoms with E-state index in [1.807, 2.05) is 11.9 Å². The molecular weight excluding hydrogens is 469 g/mol. The minimum Gasteiger partial charge on any atom is -0.386 e. The van der Waals surface area contributed by atoms with E-state index in [9.17, 15) is 22.2 Å². The van der Waals surface area contributed by atoms with E-state index in [0.717, 1.165) is 18.3 Å². The van der Waals surface area contributed by atoms with Crippen LogP contribution >= 0.6 is 0 Å². The molecule has 3 heterocycles. The molecule has 2 aliphatic heterocycles. The van der Waals surface area contributed by atoms with Crippen molar-refractivity contribution in [3.8, 4) is 6.07 Å². The number of amidine groups is 1. The van der Waals surface area contributed by atoms with Crippen molar-refractivity contribution in [2.45, 2.75) is 23.6 Å². The summed E-state index contributed by atoms with van der Waals surface area (Å²) in [6.07, 6.45) is -2.02. The van der Waals surface area contributed by atoms with Crippen LogP contribution in [0.15, 0.2) is 35.5 Å². The van der Waals surface area contributed by atoms with Gasteiger partial charge in [-0.25, -0.2) is 18.2 Å². The minimum atomic E-state index is -3.03. The molecule has 1 amide bonds. The molecule has 0 saturated carbocycles. The highest BCUT2D eigenvalue weighted by Gasteiger charge is 2.55. The summed E-state index contributed by atoms with van der Waals surface area (Å²) >= 11 is 0. The van der Waals surface area contributed by atoms with E-state index in [4.69, 9.17) is 11.0 Å². The van der Waals surface area contributed by atoms with E-state index in [-0.39, 0.29) is 28.4 Å². The Balaban J connectivity index is 1.65. The quantitative estimate of drug-likeness (QED) is 0.678. The summed E-state index contributed by atoms with van der Waals surface area (Å²) < 4.78 is 54.0. The number of carbonyl (C=O) groups is 1. The van der Waals surface area contributed by atoms with Gasteiger partial charge in [-0.05, 0) is 38.2 Å². The lowest BCUT2D eigenvalue weighted by Gasteiger charge is -2.51. The number of carbonyl (C=O) groups excluding carboxylic acids is 1. The molecule has 8 nitrogen and oxygen atoms in total. The maximum absolute atomic E-state index is 14.8. The van der Waals surface area contributed by atoms with Crippen LogP contribution < -0.4 is 11.1 Å². The van der Waals surface area contributed by atoms with E-state index in [1.54, 1.807) is 13.0 Å². The van der Waals surface area contributed by atoms with Crippen LogP contribution in [0, 0.1) is 17.1 Å². The zero-order valence-corrected chi connectivity index (χ0v) is 19.1. The van der Waals surface area contributed by atoms with Crippen molar-refractivity contribution >= 4 is 28.2 Å². The van der Waals surface area contributed by atoms with Gasteiger partial charge in [0, 0.05) is 41.3 Å². The summed E-state index contributed by atoms with van der Waals surface area (Å²) in [6, 6.07) is 6.28. The number of pyridine rings is 1. The molecule has 4 rings (SSSR count). The lowest BCUT2D eigenvalue weighted by Crippen LogP contribution is -2.71. The summed E-state index contributed by atoms with van der Waals surface area (Å²) in [6.45, 7) is 2.59. The van der Waals surface area contributed by atoms with Gasteiger partial charge in [-0.15, -0.1) is 0 Å². The molecule has 2 aliphatic rings. The first kappa shape index (κ1) is 23.8. The molecule has 1 unspecified atom stereocenters. The number of likely N-dealkylation sites (tertiary alicyclic amines) is 1. The summed E-state index contributed by atoms with van der Waals surface area (Å²) in [5.41, 5.74) is 3.75. The van der Waals surface area contributed by atoms with E-state index in [1.165, 1.54) is 12.1 Å². The van der Waals surface area contributed by atoms with E-state index >= 15 is 0 Å². The molecule has 3 N–H and O–H groups in total. The summed E-state index contributed by atoms with van der Waals surface area (Å²) in [5, 5.41) is 11.3. The largest absolute Gasteiger partial charge is 0.386 e. The molecule has 2 aromatic rings. The van der Waals surface area contributed by atoms with Gasteiger partial charge in [0.05, 0.1) is 22.4 Å². The second-order valence-electron chi connectivity index (χ2n) is 8.65. The summed E-state index contributed by atoms with van der Waals surface area (Å²) in [5.74, 6) is -1.37. The number of aliphatic imine (C=N–C) groups is 1. The Kier molecular flexibility index (Phi) is 5.95. The number of nitriles is 1. The van der Waals surface area contributed by atoms with Crippen LogP contribution in [0.25, 0.3) is 0 Å². The zero-order valence-electron chi connectivity index (χ0n) is 18.3. The van der Waals surface area contributed by atoms with Gasteiger partial charge in [-0.3, -0.25) is 14.0 Å². The zero-order chi connectivity index (χ0) is 24.8. The number of nitrogens with zero attached hydrogens (tertiary/aromatic N) is 4. The van der Waals surface area contributed by atoms with Crippen LogP contribution in [-0.4, -0.2) is 56.5 Å². The number of benzene rings is 1. The second-order valence-corrected chi connectivity index (χ2v) is 10.4. The fourth-order valence-corrected chi connectivity index (χ4v) is 6.30. The first-order chi connectivity index (χ1) is 16.0. The Labute approximate surface area is 196 Å². The van der Waals surface area contributed by atoms with Crippen molar-refractivity contribution in [3.05, 3.63) is 58.7 Å². The lowest BCUT2D eigenvalue weighted by atomic mass is 9.91. The topological polar surface area (TPSA) is 124 Å². The van der Waals surface area contributed by atoms with Crippen molar-refractivity contribution in [2.24, 2.45) is 10.7 Å². The molecule has 1 spiro atoms. The smallest absolute Gasteiger partial charge is 0.274 e. The fourth-order valence-electron chi connectivity index (χ4n) is 4.28. The number of nitrogens with one attached hydrogen (secondary N) is 1. The predicted molar refractivity (Wildman–Crippen MR) is 120 cm³/mol. The number of hydrogen-bond donors (Lipinski definition) is 2. The van der Waals surface area contributed by atoms with E-state index < -0.39 is 50.5 Å². The first-order valence-electron chi connectivity index (χ1n) is 10.2. The van der Waals surface area contributed by atoms with Crippen LogP contribution in [0.1, 0.15) is 40.5 Å². The Bertz CT molecular complexity index is 1270.